The second-order valence-electron chi connectivity index (χ2n) is 3.66. The minimum atomic E-state index is 0.127. The molecule has 1 fully saturated rings. The molecule has 76 valence electrons. The van der Waals surface area contributed by atoms with Gasteiger partial charge < -0.3 is 10.5 Å². The van der Waals surface area contributed by atoms with Gasteiger partial charge in [0.1, 0.15) is 0 Å². The van der Waals surface area contributed by atoms with E-state index >= 15 is 0 Å². The van der Waals surface area contributed by atoms with Gasteiger partial charge in [0.25, 0.3) is 0 Å². The molecule has 1 heterocycles. The number of rotatable bonds is 1. The second-order valence-corrected chi connectivity index (χ2v) is 4.51. The summed E-state index contributed by atoms with van der Waals surface area (Å²) in [5.74, 6) is 0.430. The van der Waals surface area contributed by atoms with E-state index in [1.807, 2.05) is 6.07 Å². The van der Waals surface area contributed by atoms with Crippen molar-refractivity contribution in [3.05, 3.63) is 34.3 Å². The normalized spacial score (nSPS) is 27.6. The van der Waals surface area contributed by atoms with Gasteiger partial charge in [0, 0.05) is 23.0 Å². The number of hydrogen-bond acceptors (Lipinski definition) is 2. The van der Waals surface area contributed by atoms with Crippen LogP contribution in [0.3, 0.4) is 0 Å². The van der Waals surface area contributed by atoms with Gasteiger partial charge in [-0.1, -0.05) is 34.1 Å². The number of ether oxygens (including phenoxy) is 1. The predicted molar refractivity (Wildman–Crippen MR) is 60.3 cm³/mol. The van der Waals surface area contributed by atoms with E-state index in [0.717, 1.165) is 17.5 Å². The zero-order valence-electron chi connectivity index (χ0n) is 7.95. The molecule has 0 bridgehead atoms. The van der Waals surface area contributed by atoms with Gasteiger partial charge in [-0.3, -0.25) is 0 Å². The van der Waals surface area contributed by atoms with E-state index in [1.54, 1.807) is 0 Å². The summed E-state index contributed by atoms with van der Waals surface area (Å²) < 4.78 is 6.49. The van der Waals surface area contributed by atoms with Crippen molar-refractivity contribution in [2.24, 2.45) is 5.73 Å². The Kier molecular flexibility index (Phi) is 3.21. The molecular formula is C11H14BrNO. The lowest BCUT2D eigenvalue weighted by Crippen LogP contribution is -2.38. The van der Waals surface area contributed by atoms with E-state index in [2.05, 4.69) is 34.1 Å². The number of nitrogens with two attached hydrogens (primary N) is 1. The first-order chi connectivity index (χ1) is 6.79. The predicted octanol–water partition coefficient (Wildman–Crippen LogP) is 2.28. The lowest BCUT2D eigenvalue weighted by atomic mass is 9.88. The highest BCUT2D eigenvalue weighted by Gasteiger charge is 2.25. The molecule has 0 saturated carbocycles. The highest BCUT2D eigenvalue weighted by atomic mass is 79.9. The molecule has 2 rings (SSSR count). The van der Waals surface area contributed by atoms with E-state index in [-0.39, 0.29) is 6.04 Å². The minimum Gasteiger partial charge on any atom is -0.380 e. The van der Waals surface area contributed by atoms with Crippen LogP contribution < -0.4 is 5.73 Å². The minimum absolute atomic E-state index is 0.127. The fourth-order valence-corrected chi connectivity index (χ4v) is 2.50. The fourth-order valence-electron chi connectivity index (χ4n) is 1.92. The van der Waals surface area contributed by atoms with Crippen LogP contribution in [0.25, 0.3) is 0 Å². The zero-order valence-corrected chi connectivity index (χ0v) is 9.53. The van der Waals surface area contributed by atoms with Crippen molar-refractivity contribution in [3.63, 3.8) is 0 Å². The van der Waals surface area contributed by atoms with Gasteiger partial charge in [-0.2, -0.15) is 0 Å². The monoisotopic (exact) mass is 255 g/mol. The summed E-state index contributed by atoms with van der Waals surface area (Å²) >= 11 is 3.56. The molecule has 0 spiro atoms. The molecule has 2 N–H and O–H groups in total. The van der Waals surface area contributed by atoms with Crippen molar-refractivity contribution in [1.29, 1.82) is 0 Å². The van der Waals surface area contributed by atoms with E-state index in [0.29, 0.717) is 12.5 Å². The van der Waals surface area contributed by atoms with Crippen LogP contribution in [-0.2, 0) is 4.74 Å². The Morgan fingerprint density at radius 2 is 2.14 bits per heavy atom. The van der Waals surface area contributed by atoms with E-state index in [9.17, 15) is 0 Å². The average molecular weight is 256 g/mol. The second kappa shape index (κ2) is 4.43. The van der Waals surface area contributed by atoms with Gasteiger partial charge >= 0.3 is 0 Å². The first kappa shape index (κ1) is 10.1. The zero-order chi connectivity index (χ0) is 9.97. The molecule has 1 aliphatic heterocycles. The maximum Gasteiger partial charge on any atom is 0.0623 e. The summed E-state index contributed by atoms with van der Waals surface area (Å²) in [7, 11) is 0. The molecule has 1 aromatic rings. The molecule has 1 aliphatic rings. The fraction of sp³-hybridized carbons (Fsp3) is 0.455. The maximum absolute atomic E-state index is 6.03. The van der Waals surface area contributed by atoms with Crippen molar-refractivity contribution in [1.82, 2.24) is 0 Å². The Morgan fingerprint density at radius 1 is 1.36 bits per heavy atom. The van der Waals surface area contributed by atoms with Crippen molar-refractivity contribution >= 4 is 15.9 Å². The SMILES string of the molecule is NC1COCCC1c1ccccc1Br. The summed E-state index contributed by atoms with van der Waals surface area (Å²) in [6, 6.07) is 8.42. The Balaban J connectivity index is 2.25. The Labute approximate surface area is 92.6 Å². The van der Waals surface area contributed by atoms with Gasteiger partial charge in [0.2, 0.25) is 0 Å². The van der Waals surface area contributed by atoms with Gasteiger partial charge in [0.15, 0.2) is 0 Å². The standard InChI is InChI=1S/C11H14BrNO/c12-10-4-2-1-3-8(10)9-5-6-14-7-11(9)13/h1-4,9,11H,5-7,13H2. The molecule has 2 unspecified atom stereocenters. The van der Waals surface area contributed by atoms with E-state index in [4.69, 9.17) is 10.5 Å². The van der Waals surface area contributed by atoms with Crippen LogP contribution in [0.15, 0.2) is 28.7 Å². The molecule has 3 heteroatoms. The molecule has 2 nitrogen and oxygen atoms in total. The number of hydrogen-bond donors (Lipinski definition) is 1. The van der Waals surface area contributed by atoms with Crippen molar-refractivity contribution in [2.45, 2.75) is 18.4 Å². The first-order valence-corrected chi connectivity index (χ1v) is 5.66. The molecular weight excluding hydrogens is 242 g/mol. The molecule has 14 heavy (non-hydrogen) atoms. The van der Waals surface area contributed by atoms with Crippen LogP contribution in [0.4, 0.5) is 0 Å². The molecule has 0 aliphatic carbocycles. The highest BCUT2D eigenvalue weighted by Crippen LogP contribution is 2.31. The average Bonchev–Trinajstić information content (AvgIpc) is 2.20. The smallest absolute Gasteiger partial charge is 0.0623 e. The highest BCUT2D eigenvalue weighted by molar-refractivity contribution is 9.10. The Hall–Kier alpha value is -0.380. The lowest BCUT2D eigenvalue weighted by molar-refractivity contribution is 0.0695. The number of benzene rings is 1. The third-order valence-corrected chi connectivity index (χ3v) is 3.43. The summed E-state index contributed by atoms with van der Waals surface area (Å²) in [6.45, 7) is 1.49. The molecule has 0 radical (unpaired) electrons. The first-order valence-electron chi connectivity index (χ1n) is 4.87. The van der Waals surface area contributed by atoms with Crippen LogP contribution in [-0.4, -0.2) is 19.3 Å². The largest absolute Gasteiger partial charge is 0.380 e. The van der Waals surface area contributed by atoms with Crippen LogP contribution in [0.5, 0.6) is 0 Å². The third-order valence-electron chi connectivity index (χ3n) is 2.71. The summed E-state index contributed by atoms with van der Waals surface area (Å²) in [5.41, 5.74) is 7.34. The third kappa shape index (κ3) is 2.00. The van der Waals surface area contributed by atoms with E-state index in [1.165, 1.54) is 5.56 Å². The molecule has 0 amide bonds. The lowest BCUT2D eigenvalue weighted by Gasteiger charge is -2.29. The Bertz CT molecular complexity index is 316. The van der Waals surface area contributed by atoms with Crippen LogP contribution in [0, 0.1) is 0 Å². The van der Waals surface area contributed by atoms with Gasteiger partial charge in [-0.05, 0) is 18.1 Å². The molecule has 1 saturated heterocycles. The van der Waals surface area contributed by atoms with Crippen LogP contribution >= 0.6 is 15.9 Å². The quantitative estimate of drug-likeness (QED) is 0.836. The van der Waals surface area contributed by atoms with Crippen molar-refractivity contribution in [2.75, 3.05) is 13.2 Å². The van der Waals surface area contributed by atoms with Gasteiger partial charge in [-0.15, -0.1) is 0 Å². The Morgan fingerprint density at radius 3 is 2.86 bits per heavy atom. The molecule has 1 aromatic carbocycles. The molecule has 0 aromatic heterocycles. The number of halogens is 1. The van der Waals surface area contributed by atoms with E-state index < -0.39 is 0 Å². The molecule has 2 atom stereocenters. The van der Waals surface area contributed by atoms with Gasteiger partial charge in [-0.25, -0.2) is 0 Å². The van der Waals surface area contributed by atoms with Gasteiger partial charge in [0.05, 0.1) is 6.61 Å². The summed E-state index contributed by atoms with van der Waals surface area (Å²) in [6.07, 6.45) is 1.02. The van der Waals surface area contributed by atoms with Crippen molar-refractivity contribution < 1.29 is 4.74 Å². The van der Waals surface area contributed by atoms with Crippen LogP contribution in [0.2, 0.25) is 0 Å². The maximum atomic E-state index is 6.03. The van der Waals surface area contributed by atoms with Crippen molar-refractivity contribution in [3.8, 4) is 0 Å². The van der Waals surface area contributed by atoms with Crippen LogP contribution in [0.1, 0.15) is 17.9 Å². The summed E-state index contributed by atoms with van der Waals surface area (Å²) in [5, 5.41) is 0. The topological polar surface area (TPSA) is 35.2 Å². The summed E-state index contributed by atoms with van der Waals surface area (Å²) in [4.78, 5) is 0.